The summed E-state index contributed by atoms with van der Waals surface area (Å²) in [5.74, 6) is -0.345. The Hall–Kier alpha value is -2.69. The third kappa shape index (κ3) is 6.19. The molecule has 2 aromatic rings. The van der Waals surface area contributed by atoms with Crippen LogP contribution in [0.25, 0.3) is 0 Å². The molecule has 0 aliphatic heterocycles. The smallest absolute Gasteiger partial charge is 0.242 e. The number of carbonyl (C=O) groups is 2. The van der Waals surface area contributed by atoms with Crippen molar-refractivity contribution in [3.8, 4) is 0 Å². The van der Waals surface area contributed by atoms with E-state index in [9.17, 15) is 14.0 Å². The zero-order valence-electron chi connectivity index (χ0n) is 17.0. The van der Waals surface area contributed by atoms with E-state index in [-0.39, 0.29) is 24.1 Å². The number of benzene rings is 2. The summed E-state index contributed by atoms with van der Waals surface area (Å²) in [5, 5.41) is 2.91. The molecule has 0 bridgehead atoms. The van der Waals surface area contributed by atoms with Crippen molar-refractivity contribution in [1.82, 2.24) is 10.2 Å². The second-order valence-electron chi connectivity index (χ2n) is 7.57. The molecule has 2 aromatic carbocycles. The molecule has 1 atom stereocenters. The largest absolute Gasteiger partial charge is 0.354 e. The first-order chi connectivity index (χ1) is 13.3. The highest BCUT2D eigenvalue weighted by Crippen LogP contribution is 2.15. The molecule has 0 radical (unpaired) electrons. The zero-order chi connectivity index (χ0) is 20.7. The maximum Gasteiger partial charge on any atom is 0.242 e. The molecule has 0 spiro atoms. The minimum absolute atomic E-state index is 0.119. The molecule has 0 heterocycles. The van der Waals surface area contributed by atoms with Crippen LogP contribution in [0.3, 0.4) is 0 Å². The number of hydrogen-bond acceptors (Lipinski definition) is 2. The van der Waals surface area contributed by atoms with Crippen LogP contribution in [0.2, 0.25) is 0 Å². The van der Waals surface area contributed by atoms with Crippen LogP contribution < -0.4 is 5.32 Å². The standard InChI is InChI=1S/C23H29FN2O2/c1-16(2)14-25-23(28)18(4)26(15-20-8-6-5-7-17(20)3)22(27)13-19-9-11-21(24)12-10-19/h5-12,16,18H,13-15H2,1-4H3,(H,25,28). The maximum atomic E-state index is 13.2. The van der Waals surface area contributed by atoms with Gasteiger partial charge in [0.25, 0.3) is 0 Å². The molecule has 0 aliphatic rings. The average molecular weight is 384 g/mol. The summed E-state index contributed by atoms with van der Waals surface area (Å²) < 4.78 is 13.2. The maximum absolute atomic E-state index is 13.2. The Bertz CT molecular complexity index is 803. The van der Waals surface area contributed by atoms with Crippen molar-refractivity contribution in [3.05, 3.63) is 71.0 Å². The first-order valence-electron chi connectivity index (χ1n) is 9.64. The second-order valence-corrected chi connectivity index (χ2v) is 7.57. The van der Waals surface area contributed by atoms with Gasteiger partial charge in [0.15, 0.2) is 0 Å². The molecule has 0 aliphatic carbocycles. The highest BCUT2D eigenvalue weighted by atomic mass is 19.1. The van der Waals surface area contributed by atoms with Gasteiger partial charge in [-0.1, -0.05) is 50.2 Å². The van der Waals surface area contributed by atoms with Gasteiger partial charge in [-0.2, -0.15) is 0 Å². The molecule has 0 saturated heterocycles. The molecule has 2 amide bonds. The molecule has 0 fully saturated rings. The lowest BCUT2D eigenvalue weighted by atomic mass is 10.1. The van der Waals surface area contributed by atoms with Gasteiger partial charge in [-0.05, 0) is 48.6 Å². The van der Waals surface area contributed by atoms with Crippen LogP contribution in [0.5, 0.6) is 0 Å². The van der Waals surface area contributed by atoms with Crippen molar-refractivity contribution in [2.24, 2.45) is 5.92 Å². The number of hydrogen-bond donors (Lipinski definition) is 1. The zero-order valence-corrected chi connectivity index (χ0v) is 17.0. The van der Waals surface area contributed by atoms with Crippen molar-refractivity contribution < 1.29 is 14.0 Å². The highest BCUT2D eigenvalue weighted by molar-refractivity contribution is 5.88. The minimum atomic E-state index is -0.605. The number of aryl methyl sites for hydroxylation is 1. The lowest BCUT2D eigenvalue weighted by Gasteiger charge is -2.29. The van der Waals surface area contributed by atoms with E-state index < -0.39 is 6.04 Å². The molecule has 2 rings (SSSR count). The Balaban J connectivity index is 2.21. The van der Waals surface area contributed by atoms with E-state index in [1.54, 1.807) is 24.0 Å². The van der Waals surface area contributed by atoms with Gasteiger partial charge in [-0.15, -0.1) is 0 Å². The molecular weight excluding hydrogens is 355 g/mol. The van der Waals surface area contributed by atoms with Gasteiger partial charge in [-0.3, -0.25) is 9.59 Å². The Morgan fingerprint density at radius 1 is 1.04 bits per heavy atom. The second kappa shape index (κ2) is 10.0. The molecule has 1 N–H and O–H groups in total. The van der Waals surface area contributed by atoms with Crippen LogP contribution >= 0.6 is 0 Å². The molecule has 0 saturated carbocycles. The van der Waals surface area contributed by atoms with Crippen LogP contribution in [-0.4, -0.2) is 29.3 Å². The van der Waals surface area contributed by atoms with Gasteiger partial charge >= 0.3 is 0 Å². The number of rotatable bonds is 8. The molecular formula is C23H29FN2O2. The first-order valence-corrected chi connectivity index (χ1v) is 9.64. The third-order valence-electron chi connectivity index (χ3n) is 4.72. The van der Waals surface area contributed by atoms with E-state index in [1.807, 2.05) is 45.0 Å². The number of nitrogens with zero attached hydrogens (tertiary/aromatic N) is 1. The Morgan fingerprint density at radius 3 is 2.29 bits per heavy atom. The Kier molecular flexibility index (Phi) is 7.73. The summed E-state index contributed by atoms with van der Waals surface area (Å²) in [7, 11) is 0. The average Bonchev–Trinajstić information content (AvgIpc) is 2.66. The van der Waals surface area contributed by atoms with Crippen LogP contribution in [-0.2, 0) is 22.6 Å². The highest BCUT2D eigenvalue weighted by Gasteiger charge is 2.26. The number of nitrogens with one attached hydrogen (secondary N) is 1. The topological polar surface area (TPSA) is 49.4 Å². The summed E-state index contributed by atoms with van der Waals surface area (Å²) in [5.41, 5.74) is 2.78. The Morgan fingerprint density at radius 2 is 1.68 bits per heavy atom. The minimum Gasteiger partial charge on any atom is -0.354 e. The predicted octanol–water partition coefficient (Wildman–Crippen LogP) is 3.87. The van der Waals surface area contributed by atoms with Gasteiger partial charge in [0.05, 0.1) is 6.42 Å². The molecule has 150 valence electrons. The lowest BCUT2D eigenvalue weighted by molar-refractivity contribution is -0.140. The van der Waals surface area contributed by atoms with Gasteiger partial charge in [0.2, 0.25) is 11.8 Å². The van der Waals surface area contributed by atoms with Crippen molar-refractivity contribution in [3.63, 3.8) is 0 Å². The molecule has 4 nitrogen and oxygen atoms in total. The molecule has 28 heavy (non-hydrogen) atoms. The van der Waals surface area contributed by atoms with Crippen molar-refractivity contribution in [1.29, 1.82) is 0 Å². The summed E-state index contributed by atoms with van der Waals surface area (Å²) in [6.07, 6.45) is 0.119. The third-order valence-corrected chi connectivity index (χ3v) is 4.72. The molecule has 0 aromatic heterocycles. The van der Waals surface area contributed by atoms with E-state index in [1.165, 1.54) is 12.1 Å². The molecule has 1 unspecified atom stereocenters. The summed E-state index contributed by atoms with van der Waals surface area (Å²) >= 11 is 0. The normalized spacial score (nSPS) is 11.9. The van der Waals surface area contributed by atoms with Crippen LogP contribution in [0.1, 0.15) is 37.5 Å². The van der Waals surface area contributed by atoms with Crippen LogP contribution in [0.4, 0.5) is 4.39 Å². The quantitative estimate of drug-likeness (QED) is 0.751. The SMILES string of the molecule is Cc1ccccc1CN(C(=O)Cc1ccc(F)cc1)C(C)C(=O)NCC(C)C. The predicted molar refractivity (Wildman–Crippen MR) is 109 cm³/mol. The van der Waals surface area contributed by atoms with Gasteiger partial charge in [0, 0.05) is 13.1 Å². The number of carbonyl (C=O) groups excluding carboxylic acids is 2. The fourth-order valence-electron chi connectivity index (χ4n) is 2.88. The summed E-state index contributed by atoms with van der Waals surface area (Å²) in [4.78, 5) is 27.3. The van der Waals surface area contributed by atoms with Gasteiger partial charge in [-0.25, -0.2) is 4.39 Å². The van der Waals surface area contributed by atoms with Crippen LogP contribution in [0.15, 0.2) is 48.5 Å². The van der Waals surface area contributed by atoms with E-state index in [0.29, 0.717) is 19.0 Å². The van der Waals surface area contributed by atoms with Crippen molar-refractivity contribution in [2.75, 3.05) is 6.54 Å². The number of amides is 2. The molecule has 5 heteroatoms. The fraction of sp³-hybridized carbons (Fsp3) is 0.391. The van der Waals surface area contributed by atoms with Crippen LogP contribution in [0, 0.1) is 18.7 Å². The van der Waals surface area contributed by atoms with Crippen molar-refractivity contribution in [2.45, 2.75) is 46.7 Å². The monoisotopic (exact) mass is 384 g/mol. The van der Waals surface area contributed by atoms with E-state index in [0.717, 1.165) is 16.7 Å². The van der Waals surface area contributed by atoms with E-state index in [2.05, 4.69) is 5.32 Å². The Labute approximate surface area is 166 Å². The lowest BCUT2D eigenvalue weighted by Crippen LogP contribution is -2.48. The van der Waals surface area contributed by atoms with Gasteiger partial charge in [0.1, 0.15) is 11.9 Å². The summed E-state index contributed by atoms with van der Waals surface area (Å²) in [6.45, 7) is 8.69. The van der Waals surface area contributed by atoms with E-state index in [4.69, 9.17) is 0 Å². The van der Waals surface area contributed by atoms with E-state index >= 15 is 0 Å². The fourth-order valence-corrected chi connectivity index (χ4v) is 2.88. The first kappa shape index (κ1) is 21.6. The van der Waals surface area contributed by atoms with Crippen molar-refractivity contribution >= 4 is 11.8 Å². The van der Waals surface area contributed by atoms with Gasteiger partial charge < -0.3 is 10.2 Å². The number of halogens is 1. The summed E-state index contributed by atoms with van der Waals surface area (Å²) in [6, 6.07) is 13.1.